The minimum absolute atomic E-state index is 0.0255. The Bertz CT molecular complexity index is 534. The summed E-state index contributed by atoms with van der Waals surface area (Å²) < 4.78 is 0. The average Bonchev–Trinajstić information content (AvgIpc) is 2.92. The van der Waals surface area contributed by atoms with E-state index in [4.69, 9.17) is 0 Å². The third-order valence-electron chi connectivity index (χ3n) is 3.21. The Hall–Kier alpha value is -2.10. The average molecular weight is 257 g/mol. The van der Waals surface area contributed by atoms with Crippen molar-refractivity contribution in [1.82, 2.24) is 15.3 Å². The first-order valence-electron chi connectivity index (χ1n) is 6.54. The van der Waals surface area contributed by atoms with Crippen molar-refractivity contribution in [2.24, 2.45) is 0 Å². The topological polar surface area (TPSA) is 57.8 Å². The molecule has 19 heavy (non-hydrogen) atoms. The number of aromatic amines is 1. The molecule has 1 unspecified atom stereocenters. The highest BCUT2D eigenvalue weighted by molar-refractivity contribution is 5.79. The van der Waals surface area contributed by atoms with Crippen LogP contribution in [-0.2, 0) is 11.2 Å². The lowest BCUT2D eigenvalue weighted by Gasteiger charge is -2.15. The molecule has 4 nitrogen and oxygen atoms in total. The quantitative estimate of drug-likeness (QED) is 0.864. The number of imidazole rings is 1. The Morgan fingerprint density at radius 2 is 2.21 bits per heavy atom. The Morgan fingerprint density at radius 3 is 2.84 bits per heavy atom. The molecular formula is C15H19N3O. The third kappa shape index (κ3) is 3.44. The zero-order valence-corrected chi connectivity index (χ0v) is 11.3. The maximum atomic E-state index is 12.1. The third-order valence-corrected chi connectivity index (χ3v) is 3.21. The van der Waals surface area contributed by atoms with Gasteiger partial charge in [0.05, 0.1) is 12.5 Å². The first kappa shape index (κ1) is 13.3. The maximum Gasteiger partial charge on any atom is 0.225 e. The van der Waals surface area contributed by atoms with Crippen LogP contribution in [-0.4, -0.2) is 15.9 Å². The van der Waals surface area contributed by atoms with E-state index in [1.54, 1.807) is 12.4 Å². The number of nitrogens with one attached hydrogen (secondary N) is 2. The number of benzene rings is 1. The number of aromatic nitrogens is 2. The number of carbonyl (C=O) groups is 1. The zero-order chi connectivity index (χ0) is 13.7. The zero-order valence-electron chi connectivity index (χ0n) is 11.3. The fourth-order valence-corrected chi connectivity index (χ4v) is 2.06. The fraction of sp³-hybridized carbons (Fsp3) is 0.333. The highest BCUT2D eigenvalue weighted by Gasteiger charge is 2.15. The fourth-order valence-electron chi connectivity index (χ4n) is 2.06. The molecule has 0 saturated heterocycles. The molecule has 4 heteroatoms. The smallest absolute Gasteiger partial charge is 0.225 e. The highest BCUT2D eigenvalue weighted by atomic mass is 16.1. The lowest BCUT2D eigenvalue weighted by Crippen LogP contribution is -2.30. The summed E-state index contributed by atoms with van der Waals surface area (Å²) in [6.45, 7) is 4.05. The van der Waals surface area contributed by atoms with Crippen LogP contribution < -0.4 is 5.32 Å². The molecule has 0 aliphatic carbocycles. The molecule has 2 aromatic rings. The molecule has 0 spiro atoms. The van der Waals surface area contributed by atoms with Crippen LogP contribution in [0, 0.1) is 6.92 Å². The molecule has 0 saturated carbocycles. The summed E-state index contributed by atoms with van der Waals surface area (Å²) in [6, 6.07) is 7.90. The molecule has 2 N–H and O–H groups in total. The molecule has 1 heterocycles. The van der Waals surface area contributed by atoms with Gasteiger partial charge in [-0.05, 0) is 24.5 Å². The van der Waals surface area contributed by atoms with Crippen molar-refractivity contribution < 1.29 is 4.79 Å². The largest absolute Gasteiger partial charge is 0.347 e. The minimum Gasteiger partial charge on any atom is -0.347 e. The minimum atomic E-state index is -0.0495. The van der Waals surface area contributed by atoms with Crippen LogP contribution >= 0.6 is 0 Å². The second-order valence-electron chi connectivity index (χ2n) is 4.61. The van der Waals surface area contributed by atoms with Crippen LogP contribution in [0.1, 0.15) is 36.3 Å². The predicted octanol–water partition coefficient (Wildman–Crippen LogP) is 2.53. The molecule has 0 bridgehead atoms. The molecule has 0 aliphatic heterocycles. The summed E-state index contributed by atoms with van der Waals surface area (Å²) in [5.74, 6) is 0.832. The molecule has 1 aromatic carbocycles. The van der Waals surface area contributed by atoms with Gasteiger partial charge in [-0.1, -0.05) is 31.2 Å². The first-order chi connectivity index (χ1) is 9.20. The summed E-state index contributed by atoms with van der Waals surface area (Å²) >= 11 is 0. The van der Waals surface area contributed by atoms with Gasteiger partial charge in [-0.15, -0.1) is 0 Å². The Balaban J connectivity index is 1.99. The number of rotatable bonds is 5. The van der Waals surface area contributed by atoms with Gasteiger partial charge in [0.25, 0.3) is 0 Å². The van der Waals surface area contributed by atoms with Gasteiger partial charge in [0.15, 0.2) is 0 Å². The molecular weight excluding hydrogens is 238 g/mol. The van der Waals surface area contributed by atoms with E-state index in [1.807, 2.05) is 38.1 Å². The van der Waals surface area contributed by atoms with Crippen LogP contribution in [0.2, 0.25) is 0 Å². The van der Waals surface area contributed by atoms with Crippen molar-refractivity contribution in [3.05, 3.63) is 53.6 Å². The van der Waals surface area contributed by atoms with Gasteiger partial charge < -0.3 is 10.3 Å². The number of nitrogens with zero attached hydrogens (tertiary/aromatic N) is 1. The lowest BCUT2D eigenvalue weighted by molar-refractivity contribution is -0.121. The predicted molar refractivity (Wildman–Crippen MR) is 74.6 cm³/mol. The summed E-state index contributed by atoms with van der Waals surface area (Å²) in [6.07, 6.45) is 4.69. The molecule has 0 aliphatic rings. The number of hydrogen-bond donors (Lipinski definition) is 2. The van der Waals surface area contributed by atoms with Gasteiger partial charge in [0.2, 0.25) is 5.91 Å². The van der Waals surface area contributed by atoms with Crippen molar-refractivity contribution in [2.75, 3.05) is 0 Å². The summed E-state index contributed by atoms with van der Waals surface area (Å²) in [4.78, 5) is 19.3. The van der Waals surface area contributed by atoms with E-state index in [0.717, 1.165) is 23.4 Å². The van der Waals surface area contributed by atoms with E-state index in [9.17, 15) is 4.79 Å². The van der Waals surface area contributed by atoms with Crippen molar-refractivity contribution >= 4 is 5.91 Å². The van der Waals surface area contributed by atoms with Gasteiger partial charge in [-0.25, -0.2) is 4.98 Å². The number of H-pyrrole nitrogens is 1. The molecule has 0 radical (unpaired) electrons. The number of carbonyl (C=O) groups excluding carboxylic acids is 1. The van der Waals surface area contributed by atoms with E-state index in [-0.39, 0.29) is 11.9 Å². The van der Waals surface area contributed by atoms with Gasteiger partial charge >= 0.3 is 0 Å². The van der Waals surface area contributed by atoms with Crippen LogP contribution in [0.3, 0.4) is 0 Å². The van der Waals surface area contributed by atoms with Gasteiger partial charge in [-0.2, -0.15) is 0 Å². The van der Waals surface area contributed by atoms with Gasteiger partial charge in [0, 0.05) is 12.4 Å². The molecule has 1 aromatic heterocycles. The number of amides is 1. The molecule has 1 amide bonds. The SMILES string of the molecule is CCC(NC(=O)Cc1ccccc1C)c1ncc[nH]1. The van der Waals surface area contributed by atoms with Crippen molar-refractivity contribution in [3.63, 3.8) is 0 Å². The van der Waals surface area contributed by atoms with E-state index in [2.05, 4.69) is 15.3 Å². The van der Waals surface area contributed by atoms with Crippen LogP contribution in [0.25, 0.3) is 0 Å². The standard InChI is InChI=1S/C15H19N3O/c1-3-13(15-16-8-9-17-15)18-14(19)10-12-7-5-4-6-11(12)2/h4-9,13H,3,10H2,1-2H3,(H,16,17)(H,18,19). The Morgan fingerprint density at radius 1 is 1.42 bits per heavy atom. The highest BCUT2D eigenvalue weighted by Crippen LogP contribution is 2.13. The van der Waals surface area contributed by atoms with Crippen LogP contribution in [0.5, 0.6) is 0 Å². The van der Waals surface area contributed by atoms with Crippen molar-refractivity contribution in [3.8, 4) is 0 Å². The molecule has 0 fully saturated rings. The normalized spacial score (nSPS) is 12.1. The lowest BCUT2D eigenvalue weighted by atomic mass is 10.1. The van der Waals surface area contributed by atoms with E-state index in [0.29, 0.717) is 6.42 Å². The monoisotopic (exact) mass is 257 g/mol. The second-order valence-corrected chi connectivity index (χ2v) is 4.61. The number of aryl methyl sites for hydroxylation is 1. The first-order valence-corrected chi connectivity index (χ1v) is 6.54. The van der Waals surface area contributed by atoms with Crippen molar-refractivity contribution in [2.45, 2.75) is 32.7 Å². The second kappa shape index (κ2) is 6.18. The molecule has 100 valence electrons. The number of hydrogen-bond acceptors (Lipinski definition) is 2. The van der Waals surface area contributed by atoms with E-state index < -0.39 is 0 Å². The molecule has 1 atom stereocenters. The van der Waals surface area contributed by atoms with Crippen LogP contribution in [0.15, 0.2) is 36.7 Å². The molecule has 2 rings (SSSR count). The Labute approximate surface area is 113 Å². The summed E-state index contributed by atoms with van der Waals surface area (Å²) in [7, 11) is 0. The van der Waals surface area contributed by atoms with Crippen molar-refractivity contribution in [1.29, 1.82) is 0 Å². The van der Waals surface area contributed by atoms with Crippen LogP contribution in [0.4, 0.5) is 0 Å². The summed E-state index contributed by atoms with van der Waals surface area (Å²) in [5, 5.41) is 3.01. The van der Waals surface area contributed by atoms with E-state index in [1.165, 1.54) is 0 Å². The maximum absolute atomic E-state index is 12.1. The summed E-state index contributed by atoms with van der Waals surface area (Å²) in [5.41, 5.74) is 2.21. The Kier molecular flexibility index (Phi) is 4.34. The van der Waals surface area contributed by atoms with Gasteiger partial charge in [-0.3, -0.25) is 4.79 Å². The van der Waals surface area contributed by atoms with E-state index >= 15 is 0 Å². The van der Waals surface area contributed by atoms with Gasteiger partial charge in [0.1, 0.15) is 5.82 Å².